The van der Waals surface area contributed by atoms with Gasteiger partial charge < -0.3 is 10.6 Å². The minimum atomic E-state index is 0.200. The van der Waals surface area contributed by atoms with E-state index in [4.69, 9.17) is 17.3 Å². The summed E-state index contributed by atoms with van der Waals surface area (Å²) in [5.41, 5.74) is 7.72. The second-order valence-corrected chi connectivity index (χ2v) is 7.50. The quantitative estimate of drug-likeness (QED) is 0.927. The molecule has 1 aromatic rings. The minimum absolute atomic E-state index is 0.200. The molecule has 2 N–H and O–H groups in total. The summed E-state index contributed by atoms with van der Waals surface area (Å²) in [4.78, 5) is 4.95. The van der Waals surface area contributed by atoms with Crippen molar-refractivity contribution in [3.8, 4) is 0 Å². The number of rotatable bonds is 4. The molecule has 0 bridgehead atoms. The third kappa shape index (κ3) is 4.87. The van der Waals surface area contributed by atoms with Crippen molar-refractivity contribution in [2.45, 2.75) is 33.2 Å². The number of nitrogens with zero attached hydrogens (tertiary/aromatic N) is 2. The predicted octanol–water partition coefficient (Wildman–Crippen LogP) is 3.23. The molecule has 1 saturated heterocycles. The Balaban J connectivity index is 1.77. The summed E-state index contributed by atoms with van der Waals surface area (Å²) in [7, 11) is 0. The molecule has 0 radical (unpaired) electrons. The van der Waals surface area contributed by atoms with Crippen LogP contribution >= 0.6 is 11.6 Å². The number of anilines is 1. The largest absolute Gasteiger partial charge is 0.369 e. The highest BCUT2D eigenvalue weighted by atomic mass is 35.5. The SMILES string of the molecule is CC(C)(C)C(N)CCN1CCN(c2ccc(Cl)cc2)CC1. The van der Waals surface area contributed by atoms with Crippen LogP contribution in [0.3, 0.4) is 0 Å². The number of hydrogen-bond acceptors (Lipinski definition) is 3. The van der Waals surface area contributed by atoms with Gasteiger partial charge in [-0.1, -0.05) is 32.4 Å². The standard InChI is InChI=1S/C17H28ClN3/c1-17(2,3)16(19)8-9-20-10-12-21(13-11-20)15-6-4-14(18)5-7-15/h4-7,16H,8-13,19H2,1-3H3. The Labute approximate surface area is 134 Å². The molecular formula is C17H28ClN3. The van der Waals surface area contributed by atoms with Crippen LogP contribution in [0.4, 0.5) is 5.69 Å². The fourth-order valence-electron chi connectivity index (χ4n) is 2.64. The van der Waals surface area contributed by atoms with Gasteiger partial charge in [0.1, 0.15) is 0 Å². The molecule has 1 aliphatic rings. The summed E-state index contributed by atoms with van der Waals surface area (Å²) in [5.74, 6) is 0. The van der Waals surface area contributed by atoms with E-state index in [9.17, 15) is 0 Å². The molecular weight excluding hydrogens is 282 g/mol. The number of piperazine rings is 1. The highest BCUT2D eigenvalue weighted by molar-refractivity contribution is 6.30. The van der Waals surface area contributed by atoms with Crippen molar-refractivity contribution in [3.05, 3.63) is 29.3 Å². The van der Waals surface area contributed by atoms with Crippen molar-refractivity contribution in [1.29, 1.82) is 0 Å². The zero-order valence-electron chi connectivity index (χ0n) is 13.5. The van der Waals surface area contributed by atoms with E-state index in [-0.39, 0.29) is 11.5 Å². The highest BCUT2D eigenvalue weighted by Crippen LogP contribution is 2.21. The van der Waals surface area contributed by atoms with Crippen LogP contribution in [-0.2, 0) is 0 Å². The Morgan fingerprint density at radius 1 is 1.10 bits per heavy atom. The lowest BCUT2D eigenvalue weighted by Crippen LogP contribution is -2.48. The number of benzene rings is 1. The van der Waals surface area contributed by atoms with Crippen molar-refractivity contribution in [3.63, 3.8) is 0 Å². The topological polar surface area (TPSA) is 32.5 Å². The molecule has 2 rings (SSSR count). The van der Waals surface area contributed by atoms with Crippen LogP contribution < -0.4 is 10.6 Å². The summed E-state index contributed by atoms with van der Waals surface area (Å²) < 4.78 is 0. The predicted molar refractivity (Wildman–Crippen MR) is 92.2 cm³/mol. The Morgan fingerprint density at radius 3 is 2.19 bits per heavy atom. The summed E-state index contributed by atoms with van der Waals surface area (Å²) in [6.45, 7) is 12.1. The molecule has 1 atom stereocenters. The molecule has 1 aliphatic heterocycles. The van der Waals surface area contributed by atoms with Crippen LogP contribution in [0.25, 0.3) is 0 Å². The van der Waals surface area contributed by atoms with E-state index >= 15 is 0 Å². The maximum absolute atomic E-state index is 6.25. The van der Waals surface area contributed by atoms with E-state index in [2.05, 4.69) is 42.7 Å². The van der Waals surface area contributed by atoms with Gasteiger partial charge in [0.25, 0.3) is 0 Å². The molecule has 1 unspecified atom stereocenters. The molecule has 4 heteroatoms. The molecule has 1 heterocycles. The zero-order valence-corrected chi connectivity index (χ0v) is 14.2. The van der Waals surface area contributed by atoms with Gasteiger partial charge >= 0.3 is 0 Å². The van der Waals surface area contributed by atoms with Crippen molar-refractivity contribution in [1.82, 2.24) is 4.90 Å². The van der Waals surface area contributed by atoms with Crippen LogP contribution in [0.1, 0.15) is 27.2 Å². The normalized spacial score (nSPS) is 18.8. The van der Waals surface area contributed by atoms with Crippen LogP contribution in [-0.4, -0.2) is 43.7 Å². The van der Waals surface area contributed by atoms with Crippen molar-refractivity contribution in [2.75, 3.05) is 37.6 Å². The summed E-state index contributed by atoms with van der Waals surface area (Å²) >= 11 is 5.94. The second-order valence-electron chi connectivity index (χ2n) is 7.07. The lowest BCUT2D eigenvalue weighted by atomic mass is 9.85. The van der Waals surface area contributed by atoms with Crippen LogP contribution in [0.5, 0.6) is 0 Å². The summed E-state index contributed by atoms with van der Waals surface area (Å²) in [5, 5.41) is 0.800. The molecule has 0 saturated carbocycles. The van der Waals surface area contributed by atoms with E-state index in [1.165, 1.54) is 5.69 Å². The van der Waals surface area contributed by atoms with Crippen LogP contribution in [0.2, 0.25) is 5.02 Å². The third-order valence-electron chi connectivity index (χ3n) is 4.43. The summed E-state index contributed by atoms with van der Waals surface area (Å²) in [6.07, 6.45) is 1.07. The van der Waals surface area contributed by atoms with Crippen LogP contribution in [0.15, 0.2) is 24.3 Å². The average Bonchev–Trinajstić information content (AvgIpc) is 2.45. The van der Waals surface area contributed by atoms with Gasteiger partial charge in [-0.15, -0.1) is 0 Å². The Hall–Kier alpha value is -0.770. The molecule has 21 heavy (non-hydrogen) atoms. The Kier molecular flexibility index (Phi) is 5.53. The van der Waals surface area contributed by atoms with Gasteiger partial charge in [0.2, 0.25) is 0 Å². The van der Waals surface area contributed by atoms with E-state index in [1.807, 2.05) is 12.1 Å². The van der Waals surface area contributed by atoms with Crippen LogP contribution in [0, 0.1) is 5.41 Å². The maximum Gasteiger partial charge on any atom is 0.0407 e. The Bertz CT molecular complexity index is 430. The van der Waals surface area contributed by atoms with E-state index in [0.717, 1.165) is 44.2 Å². The Morgan fingerprint density at radius 2 is 1.67 bits per heavy atom. The first-order valence-corrected chi connectivity index (χ1v) is 8.22. The van der Waals surface area contributed by atoms with Crippen molar-refractivity contribution < 1.29 is 0 Å². The number of nitrogens with two attached hydrogens (primary N) is 1. The fraction of sp³-hybridized carbons (Fsp3) is 0.647. The smallest absolute Gasteiger partial charge is 0.0407 e. The van der Waals surface area contributed by atoms with Gasteiger partial charge in [-0.05, 0) is 42.6 Å². The fourth-order valence-corrected chi connectivity index (χ4v) is 2.76. The molecule has 118 valence electrons. The van der Waals surface area contributed by atoms with Gasteiger partial charge in [0, 0.05) is 42.9 Å². The number of hydrogen-bond donors (Lipinski definition) is 1. The first-order chi connectivity index (χ1) is 9.86. The summed E-state index contributed by atoms with van der Waals surface area (Å²) in [6, 6.07) is 8.41. The molecule has 3 nitrogen and oxygen atoms in total. The highest BCUT2D eigenvalue weighted by Gasteiger charge is 2.22. The molecule has 0 spiro atoms. The lowest BCUT2D eigenvalue weighted by Gasteiger charge is -2.37. The monoisotopic (exact) mass is 309 g/mol. The second kappa shape index (κ2) is 6.99. The first kappa shape index (κ1) is 16.6. The first-order valence-electron chi connectivity index (χ1n) is 7.85. The van der Waals surface area contributed by atoms with Gasteiger partial charge in [-0.2, -0.15) is 0 Å². The number of halogens is 1. The minimum Gasteiger partial charge on any atom is -0.369 e. The lowest BCUT2D eigenvalue weighted by molar-refractivity contribution is 0.219. The van der Waals surface area contributed by atoms with Gasteiger partial charge in [-0.25, -0.2) is 0 Å². The molecule has 1 aromatic carbocycles. The maximum atomic E-state index is 6.25. The molecule has 0 aromatic heterocycles. The van der Waals surface area contributed by atoms with E-state index in [1.54, 1.807) is 0 Å². The van der Waals surface area contributed by atoms with Gasteiger partial charge in [0.15, 0.2) is 0 Å². The van der Waals surface area contributed by atoms with Gasteiger partial charge in [0.05, 0.1) is 0 Å². The van der Waals surface area contributed by atoms with Gasteiger partial charge in [-0.3, -0.25) is 4.90 Å². The van der Waals surface area contributed by atoms with Crippen molar-refractivity contribution >= 4 is 17.3 Å². The molecule has 0 amide bonds. The van der Waals surface area contributed by atoms with E-state index in [0.29, 0.717) is 0 Å². The van der Waals surface area contributed by atoms with Crippen molar-refractivity contribution in [2.24, 2.45) is 11.1 Å². The molecule has 0 aliphatic carbocycles. The zero-order chi connectivity index (χ0) is 15.5. The third-order valence-corrected chi connectivity index (χ3v) is 4.68. The average molecular weight is 310 g/mol. The molecule has 1 fully saturated rings. The van der Waals surface area contributed by atoms with E-state index < -0.39 is 0 Å².